The van der Waals surface area contributed by atoms with Gasteiger partial charge in [0.1, 0.15) is 6.20 Å². The summed E-state index contributed by atoms with van der Waals surface area (Å²) in [6, 6.07) is 2.71. The van der Waals surface area contributed by atoms with Crippen molar-refractivity contribution in [1.29, 1.82) is 0 Å². The van der Waals surface area contributed by atoms with Crippen LogP contribution in [0.15, 0.2) is 31.0 Å². The molecule has 0 spiro atoms. The molecule has 1 rings (SSSR count). The zero-order valence-corrected chi connectivity index (χ0v) is 7.59. The van der Waals surface area contributed by atoms with E-state index in [0.29, 0.717) is 12.1 Å². The number of rotatable bonds is 4. The SMILES string of the molecule is C=CCC(N)c1ccc([N+](=O)[O-])cn1. The number of hydrogen-bond acceptors (Lipinski definition) is 4. The van der Waals surface area contributed by atoms with Crippen LogP contribution in [0.4, 0.5) is 5.69 Å². The van der Waals surface area contributed by atoms with Crippen molar-refractivity contribution in [3.8, 4) is 0 Å². The van der Waals surface area contributed by atoms with E-state index in [1.165, 1.54) is 12.3 Å². The predicted molar refractivity (Wildman–Crippen MR) is 52.6 cm³/mol. The first-order chi connectivity index (χ1) is 6.65. The highest BCUT2D eigenvalue weighted by atomic mass is 16.6. The average Bonchev–Trinajstić information content (AvgIpc) is 2.18. The fraction of sp³-hybridized carbons (Fsp3) is 0.222. The van der Waals surface area contributed by atoms with Crippen LogP contribution in [0.3, 0.4) is 0 Å². The Balaban J connectivity index is 2.82. The normalized spacial score (nSPS) is 12.1. The molecule has 5 nitrogen and oxygen atoms in total. The molecule has 1 aromatic heterocycles. The summed E-state index contributed by atoms with van der Waals surface area (Å²) in [5, 5.41) is 10.3. The minimum absolute atomic E-state index is 0.0282. The van der Waals surface area contributed by atoms with Gasteiger partial charge in [0, 0.05) is 6.07 Å². The second-order valence-electron chi connectivity index (χ2n) is 2.83. The first-order valence-corrected chi connectivity index (χ1v) is 4.12. The summed E-state index contributed by atoms with van der Waals surface area (Å²) in [5.41, 5.74) is 6.33. The lowest BCUT2D eigenvalue weighted by atomic mass is 10.1. The summed E-state index contributed by atoms with van der Waals surface area (Å²) in [5.74, 6) is 0. The largest absolute Gasteiger partial charge is 0.322 e. The maximum absolute atomic E-state index is 10.3. The maximum Gasteiger partial charge on any atom is 0.287 e. The maximum atomic E-state index is 10.3. The Kier molecular flexibility index (Phi) is 3.30. The lowest BCUT2D eigenvalue weighted by Gasteiger charge is -2.06. The van der Waals surface area contributed by atoms with Crippen LogP contribution in [-0.2, 0) is 0 Å². The second-order valence-corrected chi connectivity index (χ2v) is 2.83. The van der Waals surface area contributed by atoms with Gasteiger partial charge in [-0.3, -0.25) is 15.1 Å². The highest BCUT2D eigenvalue weighted by Crippen LogP contribution is 2.15. The minimum atomic E-state index is -0.490. The summed E-state index contributed by atoms with van der Waals surface area (Å²) in [6.45, 7) is 3.56. The first kappa shape index (κ1) is 10.3. The van der Waals surface area contributed by atoms with Crippen molar-refractivity contribution in [2.45, 2.75) is 12.5 Å². The van der Waals surface area contributed by atoms with Gasteiger partial charge in [-0.1, -0.05) is 6.08 Å². The van der Waals surface area contributed by atoms with Gasteiger partial charge in [0.2, 0.25) is 0 Å². The molecule has 1 aromatic rings. The van der Waals surface area contributed by atoms with Gasteiger partial charge >= 0.3 is 0 Å². The minimum Gasteiger partial charge on any atom is -0.322 e. The molecule has 5 heteroatoms. The van der Waals surface area contributed by atoms with Crippen molar-refractivity contribution in [3.05, 3.63) is 46.8 Å². The molecule has 0 saturated carbocycles. The Morgan fingerprint density at radius 3 is 2.86 bits per heavy atom. The second kappa shape index (κ2) is 4.48. The van der Waals surface area contributed by atoms with Crippen molar-refractivity contribution in [2.24, 2.45) is 5.73 Å². The lowest BCUT2D eigenvalue weighted by Crippen LogP contribution is -2.10. The topological polar surface area (TPSA) is 82.0 Å². The summed E-state index contributed by atoms with van der Waals surface area (Å²) >= 11 is 0. The molecule has 2 N–H and O–H groups in total. The molecule has 0 aliphatic heterocycles. The van der Waals surface area contributed by atoms with Gasteiger partial charge in [0.15, 0.2) is 0 Å². The van der Waals surface area contributed by atoms with Crippen LogP contribution in [0.5, 0.6) is 0 Å². The summed E-state index contributed by atoms with van der Waals surface area (Å²) < 4.78 is 0. The molecule has 0 aliphatic carbocycles. The third-order valence-corrected chi connectivity index (χ3v) is 1.78. The molecule has 1 atom stereocenters. The fourth-order valence-corrected chi connectivity index (χ4v) is 1.03. The fourth-order valence-electron chi connectivity index (χ4n) is 1.03. The van der Waals surface area contributed by atoms with Crippen LogP contribution < -0.4 is 5.73 Å². The average molecular weight is 193 g/mol. The first-order valence-electron chi connectivity index (χ1n) is 4.12. The number of nitro groups is 1. The Morgan fingerprint density at radius 2 is 2.43 bits per heavy atom. The van der Waals surface area contributed by atoms with Crippen LogP contribution in [0.2, 0.25) is 0 Å². The van der Waals surface area contributed by atoms with E-state index in [2.05, 4.69) is 11.6 Å². The molecule has 0 aliphatic rings. The van der Waals surface area contributed by atoms with E-state index < -0.39 is 4.92 Å². The van der Waals surface area contributed by atoms with Crippen molar-refractivity contribution >= 4 is 5.69 Å². The molecule has 0 saturated heterocycles. The number of nitrogens with two attached hydrogens (primary N) is 1. The summed E-state index contributed by atoms with van der Waals surface area (Å²) in [6.07, 6.45) is 3.50. The number of nitrogens with zero attached hydrogens (tertiary/aromatic N) is 2. The van der Waals surface area contributed by atoms with Gasteiger partial charge in [0.25, 0.3) is 5.69 Å². The summed E-state index contributed by atoms with van der Waals surface area (Å²) in [4.78, 5) is 13.7. The molecular weight excluding hydrogens is 182 g/mol. The van der Waals surface area contributed by atoms with Gasteiger partial charge in [-0.05, 0) is 12.5 Å². The van der Waals surface area contributed by atoms with Crippen molar-refractivity contribution in [2.75, 3.05) is 0 Å². The van der Waals surface area contributed by atoms with Crippen molar-refractivity contribution < 1.29 is 4.92 Å². The number of pyridine rings is 1. The standard InChI is InChI=1S/C9H11N3O2/c1-2-3-8(10)9-5-4-7(6-11-9)12(13)14/h2,4-6,8H,1,3,10H2. The van der Waals surface area contributed by atoms with E-state index >= 15 is 0 Å². The van der Waals surface area contributed by atoms with Crippen LogP contribution in [0.25, 0.3) is 0 Å². The van der Waals surface area contributed by atoms with Gasteiger partial charge in [0.05, 0.1) is 16.7 Å². The molecule has 0 bridgehead atoms. The number of aromatic nitrogens is 1. The Morgan fingerprint density at radius 1 is 1.71 bits per heavy atom. The molecule has 0 fully saturated rings. The van der Waals surface area contributed by atoms with Gasteiger partial charge < -0.3 is 5.73 Å². The highest BCUT2D eigenvalue weighted by molar-refractivity contribution is 5.27. The predicted octanol–water partition coefficient (Wildman–Crippen LogP) is 1.57. The Labute approximate surface area is 81.4 Å². The Hall–Kier alpha value is -1.75. The van der Waals surface area contributed by atoms with Crippen LogP contribution in [0.1, 0.15) is 18.2 Å². The van der Waals surface area contributed by atoms with Gasteiger partial charge in [-0.2, -0.15) is 0 Å². The van der Waals surface area contributed by atoms with Crippen molar-refractivity contribution in [3.63, 3.8) is 0 Å². The third-order valence-electron chi connectivity index (χ3n) is 1.78. The van der Waals surface area contributed by atoms with E-state index in [1.807, 2.05) is 0 Å². The van der Waals surface area contributed by atoms with Gasteiger partial charge in [-0.25, -0.2) is 0 Å². The van der Waals surface area contributed by atoms with Crippen molar-refractivity contribution in [1.82, 2.24) is 4.98 Å². The molecule has 14 heavy (non-hydrogen) atoms. The van der Waals surface area contributed by atoms with E-state index in [0.717, 1.165) is 0 Å². The monoisotopic (exact) mass is 193 g/mol. The zero-order valence-electron chi connectivity index (χ0n) is 7.59. The van der Waals surface area contributed by atoms with E-state index in [4.69, 9.17) is 5.73 Å². The molecule has 0 radical (unpaired) electrons. The lowest BCUT2D eigenvalue weighted by molar-refractivity contribution is -0.385. The summed E-state index contributed by atoms with van der Waals surface area (Å²) in [7, 11) is 0. The van der Waals surface area contributed by atoms with E-state index in [9.17, 15) is 10.1 Å². The smallest absolute Gasteiger partial charge is 0.287 e. The highest BCUT2D eigenvalue weighted by Gasteiger charge is 2.09. The zero-order chi connectivity index (χ0) is 10.6. The Bertz CT molecular complexity index is 334. The van der Waals surface area contributed by atoms with Crippen LogP contribution >= 0.6 is 0 Å². The molecule has 0 aromatic carbocycles. The van der Waals surface area contributed by atoms with Gasteiger partial charge in [-0.15, -0.1) is 6.58 Å². The molecule has 0 amide bonds. The quantitative estimate of drug-likeness (QED) is 0.447. The van der Waals surface area contributed by atoms with E-state index in [1.54, 1.807) is 12.1 Å². The molecule has 1 heterocycles. The third kappa shape index (κ3) is 2.37. The van der Waals surface area contributed by atoms with Crippen LogP contribution in [0, 0.1) is 10.1 Å². The number of hydrogen-bond donors (Lipinski definition) is 1. The van der Waals surface area contributed by atoms with E-state index in [-0.39, 0.29) is 11.7 Å². The molecule has 74 valence electrons. The molecular formula is C9H11N3O2. The molecule has 1 unspecified atom stereocenters. The van der Waals surface area contributed by atoms with Crippen LogP contribution in [-0.4, -0.2) is 9.91 Å².